The molecule has 1 amide bonds. The van der Waals surface area contributed by atoms with Gasteiger partial charge < -0.3 is 15.0 Å². The molecule has 0 saturated carbocycles. The fraction of sp³-hybridized carbons (Fsp3) is 0.667. The van der Waals surface area contributed by atoms with Crippen LogP contribution in [0.5, 0.6) is 0 Å². The molecule has 0 bridgehead atoms. The van der Waals surface area contributed by atoms with Crippen molar-refractivity contribution in [3.63, 3.8) is 0 Å². The van der Waals surface area contributed by atoms with Gasteiger partial charge in [0, 0.05) is 18.8 Å². The normalized spacial score (nSPS) is 18.7. The molecule has 1 N–H and O–H groups in total. The number of piperidine rings is 1. The molecule has 1 aromatic heterocycles. The van der Waals surface area contributed by atoms with Crippen LogP contribution >= 0.6 is 0 Å². The van der Waals surface area contributed by atoms with E-state index in [0.717, 1.165) is 49.4 Å². The second-order valence-electron chi connectivity index (χ2n) is 7.29. The molecular weight excluding hydrogens is 290 g/mol. The van der Waals surface area contributed by atoms with Crippen molar-refractivity contribution in [1.82, 2.24) is 9.88 Å². The first-order valence-electron chi connectivity index (χ1n) is 8.44. The highest BCUT2D eigenvalue weighted by molar-refractivity contribution is 5.68. The Morgan fingerprint density at radius 1 is 1.35 bits per heavy atom. The van der Waals surface area contributed by atoms with Crippen molar-refractivity contribution in [2.45, 2.75) is 65.5 Å². The van der Waals surface area contributed by atoms with Crippen LogP contribution in [0, 0.1) is 13.8 Å². The number of nitrogens with zero attached hydrogens (tertiary/aromatic N) is 2. The van der Waals surface area contributed by atoms with Crippen LogP contribution in [0.15, 0.2) is 12.1 Å². The van der Waals surface area contributed by atoms with Gasteiger partial charge in [-0.1, -0.05) is 0 Å². The SMILES string of the molecule is Cc1ccc(NCC2CCCCN2C(=O)OC(C)(C)C)c(C)n1. The van der Waals surface area contributed by atoms with Crippen molar-refractivity contribution >= 4 is 11.8 Å². The molecule has 1 atom stereocenters. The summed E-state index contributed by atoms with van der Waals surface area (Å²) >= 11 is 0. The summed E-state index contributed by atoms with van der Waals surface area (Å²) in [6.45, 7) is 11.2. The summed E-state index contributed by atoms with van der Waals surface area (Å²) in [7, 11) is 0. The number of aromatic nitrogens is 1. The molecule has 1 aromatic rings. The predicted molar refractivity (Wildman–Crippen MR) is 92.8 cm³/mol. The fourth-order valence-corrected chi connectivity index (χ4v) is 2.87. The number of likely N-dealkylation sites (tertiary alicyclic amines) is 1. The number of carbonyl (C=O) groups is 1. The second-order valence-corrected chi connectivity index (χ2v) is 7.29. The highest BCUT2D eigenvalue weighted by atomic mass is 16.6. The first-order valence-corrected chi connectivity index (χ1v) is 8.44. The van der Waals surface area contributed by atoms with Crippen LogP contribution in [0.25, 0.3) is 0 Å². The maximum Gasteiger partial charge on any atom is 0.410 e. The molecule has 23 heavy (non-hydrogen) atoms. The van der Waals surface area contributed by atoms with Crippen LogP contribution in [0.2, 0.25) is 0 Å². The molecule has 1 aliphatic heterocycles. The number of carbonyl (C=O) groups excluding carboxylic acids is 1. The summed E-state index contributed by atoms with van der Waals surface area (Å²) in [5, 5.41) is 3.45. The van der Waals surface area contributed by atoms with Crippen molar-refractivity contribution in [3.8, 4) is 0 Å². The van der Waals surface area contributed by atoms with Crippen molar-refractivity contribution < 1.29 is 9.53 Å². The molecule has 1 saturated heterocycles. The molecule has 2 heterocycles. The summed E-state index contributed by atoms with van der Waals surface area (Å²) in [5.41, 5.74) is 2.58. The fourth-order valence-electron chi connectivity index (χ4n) is 2.87. The van der Waals surface area contributed by atoms with Gasteiger partial charge in [-0.2, -0.15) is 0 Å². The average molecular weight is 319 g/mol. The minimum Gasteiger partial charge on any atom is -0.444 e. The number of hydrogen-bond acceptors (Lipinski definition) is 4. The molecule has 2 rings (SSSR count). The van der Waals surface area contributed by atoms with Gasteiger partial charge in [0.2, 0.25) is 0 Å². The van der Waals surface area contributed by atoms with E-state index in [-0.39, 0.29) is 12.1 Å². The molecule has 128 valence electrons. The third kappa shape index (κ3) is 5.12. The van der Waals surface area contributed by atoms with E-state index in [1.54, 1.807) is 0 Å². The number of amides is 1. The molecule has 0 spiro atoms. The van der Waals surface area contributed by atoms with Gasteiger partial charge in [-0.15, -0.1) is 0 Å². The molecule has 5 nitrogen and oxygen atoms in total. The van der Waals surface area contributed by atoms with E-state index in [9.17, 15) is 4.79 Å². The molecule has 0 aromatic carbocycles. The molecule has 0 radical (unpaired) electrons. The van der Waals surface area contributed by atoms with Gasteiger partial charge in [-0.05, 0) is 66.0 Å². The number of hydrogen-bond donors (Lipinski definition) is 1. The summed E-state index contributed by atoms with van der Waals surface area (Å²) in [5.74, 6) is 0. The zero-order valence-corrected chi connectivity index (χ0v) is 15.0. The Bertz CT molecular complexity index is 552. The summed E-state index contributed by atoms with van der Waals surface area (Å²) in [4.78, 5) is 18.8. The van der Waals surface area contributed by atoms with E-state index in [1.807, 2.05) is 45.6 Å². The first kappa shape index (κ1) is 17.6. The van der Waals surface area contributed by atoms with Gasteiger partial charge in [0.15, 0.2) is 0 Å². The molecule has 1 aliphatic rings. The Morgan fingerprint density at radius 3 is 2.74 bits per heavy atom. The number of anilines is 1. The Morgan fingerprint density at radius 2 is 2.09 bits per heavy atom. The highest BCUT2D eigenvalue weighted by Crippen LogP contribution is 2.21. The van der Waals surface area contributed by atoms with Crippen molar-refractivity contribution in [1.29, 1.82) is 0 Å². The van der Waals surface area contributed by atoms with E-state index in [1.165, 1.54) is 0 Å². The lowest BCUT2D eigenvalue weighted by Crippen LogP contribution is -2.48. The molecule has 5 heteroatoms. The topological polar surface area (TPSA) is 54.5 Å². The van der Waals surface area contributed by atoms with Gasteiger partial charge in [0.05, 0.1) is 17.4 Å². The van der Waals surface area contributed by atoms with Gasteiger partial charge in [0.25, 0.3) is 0 Å². The standard InChI is InChI=1S/C18H29N3O2/c1-13-9-10-16(14(2)20-13)19-12-15-8-6-7-11-21(15)17(22)23-18(3,4)5/h9-10,15,19H,6-8,11-12H2,1-5H3. The van der Waals surface area contributed by atoms with Gasteiger partial charge in [-0.3, -0.25) is 4.98 Å². The first-order chi connectivity index (χ1) is 10.8. The lowest BCUT2D eigenvalue weighted by atomic mass is 10.0. The molecular formula is C18H29N3O2. The van der Waals surface area contributed by atoms with Crippen LogP contribution in [0.1, 0.15) is 51.4 Å². The molecule has 1 unspecified atom stereocenters. The van der Waals surface area contributed by atoms with E-state index >= 15 is 0 Å². The van der Waals surface area contributed by atoms with Crippen LogP contribution in [-0.4, -0.2) is 40.7 Å². The number of ether oxygens (including phenoxy) is 1. The Labute approximate surface area is 139 Å². The monoisotopic (exact) mass is 319 g/mol. The van der Waals surface area contributed by atoms with E-state index in [4.69, 9.17) is 4.74 Å². The summed E-state index contributed by atoms with van der Waals surface area (Å²) < 4.78 is 5.55. The maximum absolute atomic E-state index is 12.4. The summed E-state index contributed by atoms with van der Waals surface area (Å²) in [6.07, 6.45) is 2.99. The lowest BCUT2D eigenvalue weighted by Gasteiger charge is -2.37. The third-order valence-corrected chi connectivity index (χ3v) is 4.01. The van der Waals surface area contributed by atoms with Gasteiger partial charge in [0.1, 0.15) is 5.60 Å². The highest BCUT2D eigenvalue weighted by Gasteiger charge is 2.30. The van der Waals surface area contributed by atoms with Gasteiger partial charge in [-0.25, -0.2) is 4.79 Å². The number of rotatable bonds is 3. The molecule has 1 fully saturated rings. The smallest absolute Gasteiger partial charge is 0.410 e. The largest absolute Gasteiger partial charge is 0.444 e. The second kappa shape index (κ2) is 7.20. The van der Waals surface area contributed by atoms with Crippen molar-refractivity contribution in [3.05, 3.63) is 23.5 Å². The maximum atomic E-state index is 12.4. The van der Waals surface area contributed by atoms with E-state index < -0.39 is 5.60 Å². The van der Waals surface area contributed by atoms with E-state index in [2.05, 4.69) is 16.4 Å². The van der Waals surface area contributed by atoms with E-state index in [0.29, 0.717) is 0 Å². The Hall–Kier alpha value is -1.78. The molecule has 0 aliphatic carbocycles. The zero-order chi connectivity index (χ0) is 17.0. The van der Waals surface area contributed by atoms with Crippen LogP contribution in [0.3, 0.4) is 0 Å². The number of pyridine rings is 1. The minimum atomic E-state index is -0.454. The van der Waals surface area contributed by atoms with Crippen molar-refractivity contribution in [2.24, 2.45) is 0 Å². The number of aryl methyl sites for hydroxylation is 2. The minimum absolute atomic E-state index is 0.166. The van der Waals surface area contributed by atoms with Crippen LogP contribution in [-0.2, 0) is 4.74 Å². The quantitative estimate of drug-likeness (QED) is 0.918. The van der Waals surface area contributed by atoms with Crippen LogP contribution in [0.4, 0.5) is 10.5 Å². The lowest BCUT2D eigenvalue weighted by molar-refractivity contribution is 0.0114. The zero-order valence-electron chi connectivity index (χ0n) is 15.0. The summed E-state index contributed by atoms with van der Waals surface area (Å²) in [6, 6.07) is 4.22. The Balaban J connectivity index is 1.99. The third-order valence-electron chi connectivity index (χ3n) is 4.01. The number of nitrogens with one attached hydrogen (secondary N) is 1. The average Bonchev–Trinajstić information content (AvgIpc) is 2.45. The van der Waals surface area contributed by atoms with Crippen molar-refractivity contribution in [2.75, 3.05) is 18.4 Å². The Kier molecular flexibility index (Phi) is 5.50. The predicted octanol–water partition coefficient (Wildman–Crippen LogP) is 3.90. The van der Waals surface area contributed by atoms with Gasteiger partial charge >= 0.3 is 6.09 Å². The van der Waals surface area contributed by atoms with Crippen LogP contribution < -0.4 is 5.32 Å².